The molecule has 1 aliphatic rings. The van der Waals surface area contributed by atoms with E-state index in [2.05, 4.69) is 0 Å². The van der Waals surface area contributed by atoms with Crippen molar-refractivity contribution in [3.8, 4) is 0 Å². The Morgan fingerprint density at radius 1 is 0.929 bits per heavy atom. The van der Waals surface area contributed by atoms with Crippen molar-refractivity contribution in [2.45, 2.75) is 37.1 Å². The molecule has 1 aliphatic heterocycles. The zero-order valence-corrected chi connectivity index (χ0v) is 16.8. The maximum atomic E-state index is 12.3. The van der Waals surface area contributed by atoms with Crippen molar-refractivity contribution < 1.29 is 26.8 Å². The van der Waals surface area contributed by atoms with Gasteiger partial charge in [0.25, 0.3) is 10.1 Å². The molecule has 1 saturated heterocycles. The topological polar surface area (TPSA) is 71.1 Å². The molecule has 0 amide bonds. The molecule has 7 heteroatoms. The Labute approximate surface area is 166 Å². The average Bonchev–Trinajstić information content (AvgIpc) is 3.15. The molecule has 152 valence electrons. The second-order valence-corrected chi connectivity index (χ2v) is 8.35. The predicted molar refractivity (Wildman–Crippen MR) is 104 cm³/mol. The molecule has 0 unspecified atom stereocenters. The van der Waals surface area contributed by atoms with Gasteiger partial charge in [-0.1, -0.05) is 48.0 Å². The van der Waals surface area contributed by atoms with Gasteiger partial charge in [0.15, 0.2) is 5.79 Å². The van der Waals surface area contributed by atoms with Gasteiger partial charge < -0.3 is 14.2 Å². The van der Waals surface area contributed by atoms with Crippen molar-refractivity contribution >= 4 is 10.1 Å². The third-order valence-electron chi connectivity index (χ3n) is 4.58. The number of benzene rings is 2. The Balaban J connectivity index is 1.48. The van der Waals surface area contributed by atoms with E-state index in [1.165, 1.54) is 0 Å². The lowest BCUT2D eigenvalue weighted by atomic mass is 10.1. The van der Waals surface area contributed by atoms with Gasteiger partial charge in [-0.3, -0.25) is 4.18 Å². The smallest absolute Gasteiger partial charge is 0.296 e. The summed E-state index contributed by atoms with van der Waals surface area (Å²) in [5.74, 6) is -0.862. The summed E-state index contributed by atoms with van der Waals surface area (Å²) in [6.07, 6.45) is 0.820. The van der Waals surface area contributed by atoms with Crippen molar-refractivity contribution in [3.05, 3.63) is 65.7 Å². The highest BCUT2D eigenvalue weighted by Gasteiger charge is 2.36. The van der Waals surface area contributed by atoms with E-state index in [-0.39, 0.29) is 11.5 Å². The molecule has 0 spiro atoms. The van der Waals surface area contributed by atoms with Crippen LogP contribution in [0.5, 0.6) is 0 Å². The molecule has 0 aliphatic carbocycles. The Kier molecular flexibility index (Phi) is 7.20. The van der Waals surface area contributed by atoms with Gasteiger partial charge in [0.2, 0.25) is 0 Å². The second kappa shape index (κ2) is 9.62. The van der Waals surface area contributed by atoms with Crippen LogP contribution in [0.4, 0.5) is 0 Å². The summed E-state index contributed by atoms with van der Waals surface area (Å²) in [6, 6.07) is 16.5. The zero-order valence-electron chi connectivity index (χ0n) is 16.0. The molecule has 2 aromatic carbocycles. The lowest BCUT2D eigenvalue weighted by Gasteiger charge is -2.27. The number of aryl methyl sites for hydroxylation is 1. The predicted octanol–water partition coefficient (Wildman–Crippen LogP) is 3.44. The molecule has 28 heavy (non-hydrogen) atoms. The highest BCUT2D eigenvalue weighted by atomic mass is 32.2. The molecular formula is C21H26O6S. The normalized spacial score (nSPS) is 16.3. The van der Waals surface area contributed by atoms with Gasteiger partial charge >= 0.3 is 0 Å². The summed E-state index contributed by atoms with van der Waals surface area (Å²) in [6.45, 7) is 3.78. The minimum absolute atomic E-state index is 0.0190. The van der Waals surface area contributed by atoms with Crippen LogP contribution in [0, 0.1) is 6.92 Å². The Morgan fingerprint density at radius 2 is 1.57 bits per heavy atom. The number of rotatable bonds is 10. The van der Waals surface area contributed by atoms with Crippen molar-refractivity contribution in [2.24, 2.45) is 0 Å². The van der Waals surface area contributed by atoms with E-state index in [4.69, 9.17) is 18.4 Å². The molecule has 3 rings (SSSR count). The zero-order chi connectivity index (χ0) is 19.9. The van der Waals surface area contributed by atoms with E-state index in [0.29, 0.717) is 39.3 Å². The minimum atomic E-state index is -3.80. The summed E-state index contributed by atoms with van der Waals surface area (Å²) in [7, 11) is -3.80. The lowest BCUT2D eigenvalue weighted by molar-refractivity contribution is -0.178. The summed E-state index contributed by atoms with van der Waals surface area (Å²) in [4.78, 5) is 0.145. The third kappa shape index (κ3) is 5.86. The quantitative estimate of drug-likeness (QED) is 0.445. The molecule has 0 radical (unpaired) electrons. The van der Waals surface area contributed by atoms with Crippen molar-refractivity contribution in [1.29, 1.82) is 0 Å². The molecule has 0 N–H and O–H groups in total. The summed E-state index contributed by atoms with van der Waals surface area (Å²) in [5, 5.41) is 0. The number of ether oxygens (including phenoxy) is 3. The van der Waals surface area contributed by atoms with Gasteiger partial charge in [0.05, 0.1) is 37.9 Å². The molecule has 0 aromatic heterocycles. The van der Waals surface area contributed by atoms with E-state index in [0.717, 1.165) is 11.1 Å². The van der Waals surface area contributed by atoms with Crippen LogP contribution in [0.25, 0.3) is 0 Å². The van der Waals surface area contributed by atoms with E-state index in [1.54, 1.807) is 24.3 Å². The maximum Gasteiger partial charge on any atom is 0.296 e. The molecule has 1 fully saturated rings. The monoisotopic (exact) mass is 406 g/mol. The van der Waals surface area contributed by atoms with Crippen molar-refractivity contribution in [2.75, 3.05) is 26.4 Å². The highest BCUT2D eigenvalue weighted by Crippen LogP contribution is 2.28. The molecule has 0 bridgehead atoms. The van der Waals surface area contributed by atoms with Crippen LogP contribution in [0.15, 0.2) is 59.5 Å². The fourth-order valence-corrected chi connectivity index (χ4v) is 3.89. The van der Waals surface area contributed by atoms with Gasteiger partial charge in [-0.25, -0.2) is 0 Å². The fourth-order valence-electron chi connectivity index (χ4n) is 2.98. The summed E-state index contributed by atoms with van der Waals surface area (Å²) in [5.41, 5.74) is 2.08. The Morgan fingerprint density at radius 3 is 2.25 bits per heavy atom. The first-order valence-electron chi connectivity index (χ1n) is 9.35. The van der Waals surface area contributed by atoms with E-state index in [9.17, 15) is 8.42 Å². The van der Waals surface area contributed by atoms with Gasteiger partial charge in [-0.05, 0) is 24.6 Å². The van der Waals surface area contributed by atoms with Crippen LogP contribution < -0.4 is 0 Å². The highest BCUT2D eigenvalue weighted by molar-refractivity contribution is 7.86. The molecule has 2 aromatic rings. The van der Waals surface area contributed by atoms with E-state index >= 15 is 0 Å². The van der Waals surface area contributed by atoms with Crippen molar-refractivity contribution in [1.82, 2.24) is 0 Å². The largest absolute Gasteiger partial charge is 0.377 e. The molecule has 1 heterocycles. The van der Waals surface area contributed by atoms with E-state index in [1.807, 2.05) is 37.3 Å². The Bertz CT molecular complexity index is 827. The standard InChI is InChI=1S/C21H26O6S/c1-18-7-9-20(10-8-18)28(22,23)27-14-12-21(25-15-16-26-21)11-13-24-17-19-5-3-2-4-6-19/h2-10H,11-17H2,1H3. The van der Waals surface area contributed by atoms with Gasteiger partial charge in [0, 0.05) is 12.8 Å². The van der Waals surface area contributed by atoms with Crippen LogP contribution in [0.2, 0.25) is 0 Å². The van der Waals surface area contributed by atoms with Gasteiger partial charge in [-0.15, -0.1) is 0 Å². The first kappa shape index (κ1) is 21.0. The fraction of sp³-hybridized carbons (Fsp3) is 0.429. The van der Waals surface area contributed by atoms with Gasteiger partial charge in [-0.2, -0.15) is 8.42 Å². The first-order valence-corrected chi connectivity index (χ1v) is 10.8. The van der Waals surface area contributed by atoms with Crippen molar-refractivity contribution in [3.63, 3.8) is 0 Å². The van der Waals surface area contributed by atoms with Crippen LogP contribution in [-0.4, -0.2) is 40.6 Å². The number of hydrogen-bond acceptors (Lipinski definition) is 6. The minimum Gasteiger partial charge on any atom is -0.377 e. The van der Waals surface area contributed by atoms with Gasteiger partial charge in [0.1, 0.15) is 0 Å². The SMILES string of the molecule is Cc1ccc(S(=O)(=O)OCCC2(CCOCc3ccccc3)OCCO2)cc1. The first-order chi connectivity index (χ1) is 13.5. The molecular weight excluding hydrogens is 380 g/mol. The third-order valence-corrected chi connectivity index (χ3v) is 5.91. The molecule has 0 atom stereocenters. The summed E-state index contributed by atoms with van der Waals surface area (Å²) < 4.78 is 47.0. The second-order valence-electron chi connectivity index (χ2n) is 6.73. The number of hydrogen-bond donors (Lipinski definition) is 0. The average molecular weight is 407 g/mol. The molecule has 0 saturated carbocycles. The lowest BCUT2D eigenvalue weighted by Crippen LogP contribution is -2.33. The van der Waals surface area contributed by atoms with Crippen LogP contribution >= 0.6 is 0 Å². The van der Waals surface area contributed by atoms with E-state index < -0.39 is 15.9 Å². The summed E-state index contributed by atoms with van der Waals surface area (Å²) >= 11 is 0. The molecule has 6 nitrogen and oxygen atoms in total. The maximum absolute atomic E-state index is 12.3. The van der Waals surface area contributed by atoms with Crippen LogP contribution in [0.3, 0.4) is 0 Å². The van der Waals surface area contributed by atoms with Crippen LogP contribution in [-0.2, 0) is 35.1 Å². The van der Waals surface area contributed by atoms with Crippen LogP contribution in [0.1, 0.15) is 24.0 Å². The Hall–Kier alpha value is -1.77.